The minimum atomic E-state index is -0.131. The number of amides is 1. The van der Waals surface area contributed by atoms with Crippen LogP contribution in [0.1, 0.15) is 46.5 Å². The minimum absolute atomic E-state index is 0.110. The predicted molar refractivity (Wildman–Crippen MR) is 62.8 cm³/mol. The fourth-order valence-corrected chi connectivity index (χ4v) is 3.27. The molecular formula is C13H23NO2. The van der Waals surface area contributed by atoms with Gasteiger partial charge in [0.15, 0.2) is 0 Å². The molecule has 2 unspecified atom stereocenters. The zero-order chi connectivity index (χ0) is 11.9. The monoisotopic (exact) mass is 225 g/mol. The largest absolute Gasteiger partial charge is 0.393 e. The van der Waals surface area contributed by atoms with E-state index in [1.165, 1.54) is 0 Å². The van der Waals surface area contributed by atoms with Gasteiger partial charge in [0.1, 0.15) is 0 Å². The fraction of sp³-hybridized carbons (Fsp3) is 0.923. The quantitative estimate of drug-likeness (QED) is 0.713. The number of hydrogen-bond acceptors (Lipinski definition) is 2. The smallest absolute Gasteiger partial charge is 0.223 e. The van der Waals surface area contributed by atoms with Crippen LogP contribution in [0.4, 0.5) is 0 Å². The van der Waals surface area contributed by atoms with E-state index in [1.807, 2.05) is 20.8 Å². The molecule has 1 amide bonds. The van der Waals surface area contributed by atoms with Crippen LogP contribution in [0.2, 0.25) is 0 Å². The van der Waals surface area contributed by atoms with Crippen molar-refractivity contribution in [2.75, 3.05) is 0 Å². The topological polar surface area (TPSA) is 49.3 Å². The van der Waals surface area contributed by atoms with Crippen molar-refractivity contribution in [2.24, 2.45) is 17.8 Å². The molecular weight excluding hydrogens is 202 g/mol. The van der Waals surface area contributed by atoms with E-state index in [-0.39, 0.29) is 23.5 Å². The summed E-state index contributed by atoms with van der Waals surface area (Å²) < 4.78 is 0. The van der Waals surface area contributed by atoms with E-state index in [4.69, 9.17) is 0 Å². The summed E-state index contributed by atoms with van der Waals surface area (Å²) in [4.78, 5) is 12.0. The Kier molecular flexibility index (Phi) is 2.99. The van der Waals surface area contributed by atoms with Crippen LogP contribution in [0.3, 0.4) is 0 Å². The Morgan fingerprint density at radius 2 is 1.62 bits per heavy atom. The van der Waals surface area contributed by atoms with E-state index in [1.54, 1.807) is 0 Å². The van der Waals surface area contributed by atoms with E-state index in [0.717, 1.165) is 25.7 Å². The summed E-state index contributed by atoms with van der Waals surface area (Å²) in [5.41, 5.74) is -0.131. The van der Waals surface area contributed by atoms with Gasteiger partial charge in [-0.05, 0) is 58.3 Å². The highest BCUT2D eigenvalue weighted by atomic mass is 16.3. The average molecular weight is 225 g/mol. The van der Waals surface area contributed by atoms with Crippen LogP contribution in [0, 0.1) is 17.8 Å². The number of carbonyl (C=O) groups excluding carboxylic acids is 1. The van der Waals surface area contributed by atoms with E-state index in [0.29, 0.717) is 11.8 Å². The molecule has 0 heterocycles. The lowest BCUT2D eigenvalue weighted by atomic mass is 10.00. The molecule has 2 atom stereocenters. The Balaban J connectivity index is 1.88. The molecule has 92 valence electrons. The fourth-order valence-electron chi connectivity index (χ4n) is 3.27. The van der Waals surface area contributed by atoms with Crippen molar-refractivity contribution in [3.8, 4) is 0 Å². The first-order chi connectivity index (χ1) is 7.35. The van der Waals surface area contributed by atoms with Crippen LogP contribution >= 0.6 is 0 Å². The first kappa shape index (κ1) is 11.9. The molecule has 2 saturated carbocycles. The highest BCUT2D eigenvalue weighted by Gasteiger charge is 2.43. The van der Waals surface area contributed by atoms with Gasteiger partial charge in [-0.1, -0.05) is 0 Å². The molecule has 3 heteroatoms. The lowest BCUT2D eigenvalue weighted by molar-refractivity contribution is -0.126. The minimum Gasteiger partial charge on any atom is -0.393 e. The Morgan fingerprint density at radius 3 is 2.06 bits per heavy atom. The van der Waals surface area contributed by atoms with E-state index in [9.17, 15) is 9.90 Å². The number of rotatable bonds is 1. The lowest BCUT2D eigenvalue weighted by Gasteiger charge is -2.23. The lowest BCUT2D eigenvalue weighted by Crippen LogP contribution is -2.43. The highest BCUT2D eigenvalue weighted by Crippen LogP contribution is 2.46. The van der Waals surface area contributed by atoms with Crippen LogP contribution in [-0.2, 0) is 4.79 Å². The zero-order valence-electron chi connectivity index (χ0n) is 10.5. The second-order valence-electron chi connectivity index (χ2n) is 6.55. The van der Waals surface area contributed by atoms with Gasteiger partial charge in [0, 0.05) is 11.5 Å². The molecule has 0 saturated heterocycles. The Labute approximate surface area is 97.6 Å². The molecule has 0 spiro atoms. The van der Waals surface area contributed by atoms with Crippen molar-refractivity contribution in [1.82, 2.24) is 5.32 Å². The van der Waals surface area contributed by atoms with Crippen LogP contribution in [-0.4, -0.2) is 22.7 Å². The van der Waals surface area contributed by atoms with Gasteiger partial charge in [-0.3, -0.25) is 4.79 Å². The molecule has 16 heavy (non-hydrogen) atoms. The maximum absolute atomic E-state index is 12.0. The third kappa shape index (κ3) is 2.57. The summed E-state index contributed by atoms with van der Waals surface area (Å²) in [6.45, 7) is 6.05. The molecule has 0 aromatic heterocycles. The number of hydrogen-bond donors (Lipinski definition) is 2. The molecule has 3 nitrogen and oxygen atoms in total. The third-order valence-electron chi connectivity index (χ3n) is 3.86. The standard InChI is InChI=1S/C13H23NO2/c1-13(2,3)14-12(16)10-4-8-6-11(15)7-9(8)5-10/h8-11,15H,4-7H2,1-3H3,(H,14,16). The first-order valence-corrected chi connectivity index (χ1v) is 6.35. The summed E-state index contributed by atoms with van der Waals surface area (Å²) in [7, 11) is 0. The molecule has 0 bridgehead atoms. The van der Waals surface area contributed by atoms with Crippen LogP contribution < -0.4 is 5.32 Å². The van der Waals surface area contributed by atoms with E-state index in [2.05, 4.69) is 5.32 Å². The number of aliphatic hydroxyl groups is 1. The van der Waals surface area contributed by atoms with Crippen molar-refractivity contribution in [1.29, 1.82) is 0 Å². The number of fused-ring (bicyclic) bond motifs is 1. The molecule has 0 radical (unpaired) electrons. The first-order valence-electron chi connectivity index (χ1n) is 6.35. The van der Waals surface area contributed by atoms with Gasteiger partial charge >= 0.3 is 0 Å². The zero-order valence-corrected chi connectivity index (χ0v) is 10.5. The van der Waals surface area contributed by atoms with E-state index < -0.39 is 0 Å². The van der Waals surface area contributed by atoms with Crippen molar-refractivity contribution in [3.05, 3.63) is 0 Å². The number of carbonyl (C=O) groups is 1. The molecule has 2 aliphatic carbocycles. The molecule has 2 fully saturated rings. The summed E-state index contributed by atoms with van der Waals surface area (Å²) in [5, 5.41) is 12.6. The molecule has 2 N–H and O–H groups in total. The van der Waals surface area contributed by atoms with Crippen molar-refractivity contribution in [3.63, 3.8) is 0 Å². The van der Waals surface area contributed by atoms with Crippen molar-refractivity contribution < 1.29 is 9.90 Å². The van der Waals surface area contributed by atoms with E-state index >= 15 is 0 Å². The predicted octanol–water partition coefficient (Wildman–Crippen LogP) is 1.70. The third-order valence-corrected chi connectivity index (χ3v) is 3.86. The van der Waals surface area contributed by atoms with Gasteiger partial charge in [-0.2, -0.15) is 0 Å². The summed E-state index contributed by atoms with van der Waals surface area (Å²) in [6, 6.07) is 0. The molecule has 2 aliphatic rings. The van der Waals surface area contributed by atoms with Gasteiger partial charge in [-0.25, -0.2) is 0 Å². The van der Waals surface area contributed by atoms with Crippen molar-refractivity contribution >= 4 is 5.91 Å². The summed E-state index contributed by atoms with van der Waals surface area (Å²) in [5.74, 6) is 1.56. The summed E-state index contributed by atoms with van der Waals surface area (Å²) in [6.07, 6.45) is 3.66. The highest BCUT2D eigenvalue weighted by molar-refractivity contribution is 5.79. The van der Waals surface area contributed by atoms with Crippen molar-refractivity contribution in [2.45, 2.75) is 58.1 Å². The number of nitrogens with one attached hydrogen (secondary N) is 1. The second kappa shape index (κ2) is 4.02. The van der Waals surface area contributed by atoms with Gasteiger partial charge in [0.2, 0.25) is 5.91 Å². The molecule has 0 aliphatic heterocycles. The van der Waals surface area contributed by atoms with Crippen LogP contribution in [0.5, 0.6) is 0 Å². The molecule has 0 aromatic rings. The maximum Gasteiger partial charge on any atom is 0.223 e. The molecule has 2 rings (SSSR count). The van der Waals surface area contributed by atoms with Gasteiger partial charge in [0.25, 0.3) is 0 Å². The Morgan fingerprint density at radius 1 is 1.12 bits per heavy atom. The SMILES string of the molecule is CC(C)(C)NC(=O)C1CC2CC(O)CC2C1. The second-order valence-corrected chi connectivity index (χ2v) is 6.55. The maximum atomic E-state index is 12.0. The van der Waals surface area contributed by atoms with Crippen LogP contribution in [0.25, 0.3) is 0 Å². The number of aliphatic hydroxyl groups excluding tert-OH is 1. The average Bonchev–Trinajstić information content (AvgIpc) is 2.56. The Hall–Kier alpha value is -0.570. The Bertz CT molecular complexity index is 268. The van der Waals surface area contributed by atoms with Gasteiger partial charge < -0.3 is 10.4 Å². The van der Waals surface area contributed by atoms with Gasteiger partial charge in [0.05, 0.1) is 6.10 Å². The van der Waals surface area contributed by atoms with Crippen LogP contribution in [0.15, 0.2) is 0 Å². The molecule has 0 aromatic carbocycles. The van der Waals surface area contributed by atoms with Gasteiger partial charge in [-0.15, -0.1) is 0 Å². The normalized spacial score (nSPS) is 38.5. The summed E-state index contributed by atoms with van der Waals surface area (Å²) >= 11 is 0.